The molecule has 3 rings (SSSR count). The first kappa shape index (κ1) is 15.2. The zero-order chi connectivity index (χ0) is 14.5. The Bertz CT molecular complexity index is 413. The summed E-state index contributed by atoms with van der Waals surface area (Å²) in [4.78, 5) is 6.76. The predicted molar refractivity (Wildman–Crippen MR) is 84.9 cm³/mol. The zero-order valence-corrected chi connectivity index (χ0v) is 13.3. The number of ether oxygens (including phenoxy) is 1. The molecule has 2 aliphatic heterocycles. The smallest absolute Gasteiger partial charge is 0.185 e. The molecule has 2 aliphatic rings. The molecule has 0 bridgehead atoms. The fourth-order valence-corrected chi connectivity index (χ4v) is 3.90. The molecule has 1 aromatic rings. The van der Waals surface area contributed by atoms with Gasteiger partial charge in [-0.05, 0) is 25.7 Å². The summed E-state index contributed by atoms with van der Waals surface area (Å²) < 4.78 is 5.42. The molecule has 0 spiro atoms. The third-order valence-corrected chi connectivity index (χ3v) is 5.67. The Hall–Kier alpha value is -0.690. The quantitative estimate of drug-likeness (QED) is 0.863. The lowest BCUT2D eigenvalue weighted by Gasteiger charge is -2.38. The largest absolute Gasteiger partial charge is 0.396 e. The minimum atomic E-state index is 0.0324. The van der Waals surface area contributed by atoms with Crippen molar-refractivity contribution in [3.05, 3.63) is 11.6 Å². The minimum absolute atomic E-state index is 0.0324. The van der Waals surface area contributed by atoms with Crippen molar-refractivity contribution >= 4 is 16.5 Å². The van der Waals surface area contributed by atoms with Crippen molar-refractivity contribution in [3.8, 4) is 0 Å². The Morgan fingerprint density at radius 2 is 2.14 bits per heavy atom. The number of piperidine rings is 1. The molecule has 2 saturated heterocycles. The van der Waals surface area contributed by atoms with Crippen LogP contribution in [-0.2, 0) is 4.74 Å². The Morgan fingerprint density at radius 1 is 1.38 bits per heavy atom. The summed E-state index contributed by atoms with van der Waals surface area (Å²) in [5.74, 6) is 0. The van der Waals surface area contributed by atoms with Crippen molar-refractivity contribution in [3.63, 3.8) is 0 Å². The number of anilines is 1. The highest BCUT2D eigenvalue weighted by Crippen LogP contribution is 2.30. The van der Waals surface area contributed by atoms with Crippen molar-refractivity contribution in [1.82, 2.24) is 10.3 Å². The van der Waals surface area contributed by atoms with E-state index < -0.39 is 0 Å². The van der Waals surface area contributed by atoms with Gasteiger partial charge in [0.25, 0.3) is 0 Å². The van der Waals surface area contributed by atoms with Gasteiger partial charge in [-0.2, -0.15) is 0 Å². The van der Waals surface area contributed by atoms with Crippen LogP contribution in [0.3, 0.4) is 0 Å². The molecule has 2 N–H and O–H groups in total. The number of aliphatic hydroxyl groups is 1. The SMILES string of the molecule is OCC1(CNC2CCN(c3nccs3)CC2)CCOCC1. The number of thiazole rings is 1. The maximum Gasteiger partial charge on any atom is 0.185 e. The predicted octanol–water partition coefficient (Wildman–Crippen LogP) is 1.49. The van der Waals surface area contributed by atoms with E-state index in [9.17, 15) is 5.11 Å². The number of rotatable bonds is 5. The van der Waals surface area contributed by atoms with Gasteiger partial charge in [0, 0.05) is 55.9 Å². The summed E-state index contributed by atoms with van der Waals surface area (Å²) in [5, 5.41) is 16.6. The van der Waals surface area contributed by atoms with Crippen molar-refractivity contribution < 1.29 is 9.84 Å². The van der Waals surface area contributed by atoms with Gasteiger partial charge in [0.05, 0.1) is 6.61 Å². The Morgan fingerprint density at radius 3 is 2.76 bits per heavy atom. The van der Waals surface area contributed by atoms with E-state index in [0.717, 1.165) is 63.7 Å². The second-order valence-corrected chi connectivity index (χ2v) is 7.10. The summed E-state index contributed by atoms with van der Waals surface area (Å²) in [6.45, 7) is 4.88. The number of aromatic nitrogens is 1. The molecule has 6 heteroatoms. The van der Waals surface area contributed by atoms with Crippen LogP contribution in [0.15, 0.2) is 11.6 Å². The van der Waals surface area contributed by atoms with Crippen LogP contribution in [0.2, 0.25) is 0 Å². The number of nitrogens with one attached hydrogen (secondary N) is 1. The van der Waals surface area contributed by atoms with Crippen LogP contribution in [0.1, 0.15) is 25.7 Å². The summed E-state index contributed by atoms with van der Waals surface area (Å²) >= 11 is 1.72. The monoisotopic (exact) mass is 311 g/mol. The molecular weight excluding hydrogens is 286 g/mol. The van der Waals surface area contributed by atoms with Crippen LogP contribution in [0, 0.1) is 5.41 Å². The summed E-state index contributed by atoms with van der Waals surface area (Å²) in [6.07, 6.45) is 6.11. The van der Waals surface area contributed by atoms with Crippen LogP contribution < -0.4 is 10.2 Å². The molecule has 5 nitrogen and oxygen atoms in total. The fourth-order valence-electron chi connectivity index (χ4n) is 3.20. The lowest BCUT2D eigenvalue weighted by atomic mass is 9.80. The number of hydrogen-bond donors (Lipinski definition) is 2. The standard InChI is InChI=1S/C15H25N3O2S/c19-12-15(3-8-20-9-4-15)11-17-13-1-6-18(7-2-13)14-16-5-10-21-14/h5,10,13,17,19H,1-4,6-9,11-12H2. The average Bonchev–Trinajstić information content (AvgIpc) is 3.09. The topological polar surface area (TPSA) is 57.6 Å². The Kier molecular flexibility index (Phi) is 5.11. The first-order valence-electron chi connectivity index (χ1n) is 7.88. The van der Waals surface area contributed by atoms with Crippen LogP contribution in [0.25, 0.3) is 0 Å². The summed E-state index contributed by atoms with van der Waals surface area (Å²) in [6, 6.07) is 0.562. The van der Waals surface area contributed by atoms with Crippen LogP contribution in [0.5, 0.6) is 0 Å². The maximum absolute atomic E-state index is 9.73. The van der Waals surface area contributed by atoms with Gasteiger partial charge in [-0.15, -0.1) is 11.3 Å². The van der Waals surface area contributed by atoms with Gasteiger partial charge in [0.15, 0.2) is 5.13 Å². The van der Waals surface area contributed by atoms with Crippen molar-refractivity contribution in [1.29, 1.82) is 0 Å². The van der Waals surface area contributed by atoms with Gasteiger partial charge >= 0.3 is 0 Å². The highest BCUT2D eigenvalue weighted by atomic mass is 32.1. The van der Waals surface area contributed by atoms with E-state index >= 15 is 0 Å². The number of hydrogen-bond acceptors (Lipinski definition) is 6. The molecule has 0 aromatic carbocycles. The van der Waals surface area contributed by atoms with E-state index in [0.29, 0.717) is 6.04 Å². The molecule has 0 unspecified atom stereocenters. The van der Waals surface area contributed by atoms with E-state index in [2.05, 4.69) is 15.2 Å². The van der Waals surface area contributed by atoms with E-state index in [-0.39, 0.29) is 12.0 Å². The molecule has 3 heterocycles. The van der Waals surface area contributed by atoms with Crippen molar-refractivity contribution in [2.45, 2.75) is 31.7 Å². The molecule has 0 amide bonds. The highest BCUT2D eigenvalue weighted by Gasteiger charge is 2.33. The molecule has 21 heavy (non-hydrogen) atoms. The Labute approximate surface area is 130 Å². The molecule has 2 fully saturated rings. The normalized spacial score (nSPS) is 23.4. The second-order valence-electron chi connectivity index (χ2n) is 6.23. The van der Waals surface area contributed by atoms with E-state index in [4.69, 9.17) is 4.74 Å². The maximum atomic E-state index is 9.73. The fraction of sp³-hybridized carbons (Fsp3) is 0.800. The molecule has 0 saturated carbocycles. The van der Waals surface area contributed by atoms with Crippen LogP contribution >= 0.6 is 11.3 Å². The highest BCUT2D eigenvalue weighted by molar-refractivity contribution is 7.13. The van der Waals surface area contributed by atoms with Gasteiger partial charge in [-0.25, -0.2) is 4.98 Å². The Balaban J connectivity index is 1.45. The lowest BCUT2D eigenvalue weighted by Crippen LogP contribution is -2.48. The zero-order valence-electron chi connectivity index (χ0n) is 12.5. The van der Waals surface area contributed by atoms with Gasteiger partial charge in [0.1, 0.15) is 0 Å². The third-order valence-electron chi connectivity index (χ3n) is 4.84. The molecular formula is C15H25N3O2S. The summed E-state index contributed by atoms with van der Waals surface area (Å²) in [5.41, 5.74) is 0.0324. The molecule has 0 aliphatic carbocycles. The van der Waals surface area contributed by atoms with Crippen LogP contribution in [0.4, 0.5) is 5.13 Å². The third kappa shape index (κ3) is 3.74. The average molecular weight is 311 g/mol. The first-order chi connectivity index (χ1) is 10.3. The van der Waals surface area contributed by atoms with Gasteiger partial charge in [-0.3, -0.25) is 0 Å². The van der Waals surface area contributed by atoms with Crippen molar-refractivity contribution in [2.75, 3.05) is 44.4 Å². The van der Waals surface area contributed by atoms with Gasteiger partial charge < -0.3 is 20.1 Å². The van der Waals surface area contributed by atoms with Gasteiger partial charge in [-0.1, -0.05) is 0 Å². The molecule has 1 aromatic heterocycles. The van der Waals surface area contributed by atoms with E-state index in [1.807, 2.05) is 11.6 Å². The molecule has 0 radical (unpaired) electrons. The first-order valence-corrected chi connectivity index (χ1v) is 8.76. The molecule has 0 atom stereocenters. The second kappa shape index (κ2) is 7.05. The number of nitrogens with zero attached hydrogens (tertiary/aromatic N) is 2. The minimum Gasteiger partial charge on any atom is -0.396 e. The van der Waals surface area contributed by atoms with Crippen LogP contribution in [-0.4, -0.2) is 55.6 Å². The molecule has 118 valence electrons. The van der Waals surface area contributed by atoms with Gasteiger partial charge in [0.2, 0.25) is 0 Å². The lowest BCUT2D eigenvalue weighted by molar-refractivity contribution is -0.0168. The van der Waals surface area contributed by atoms with E-state index in [1.54, 1.807) is 11.3 Å². The van der Waals surface area contributed by atoms with E-state index in [1.165, 1.54) is 0 Å². The number of aliphatic hydroxyl groups excluding tert-OH is 1. The van der Waals surface area contributed by atoms with Crippen molar-refractivity contribution in [2.24, 2.45) is 5.41 Å². The summed E-state index contributed by atoms with van der Waals surface area (Å²) in [7, 11) is 0.